The van der Waals surface area contributed by atoms with Crippen molar-refractivity contribution in [2.24, 2.45) is 11.8 Å². The molecule has 1 aromatic rings. The van der Waals surface area contributed by atoms with Crippen molar-refractivity contribution in [1.82, 2.24) is 9.80 Å². The minimum Gasteiger partial charge on any atom is -0.339 e. The number of piperazine rings is 1. The smallest absolute Gasteiger partial charge is 0.339 e. The molecule has 3 amide bonds. The molecule has 3 rings (SSSR count). The molecule has 146 valence electrons. The van der Waals surface area contributed by atoms with E-state index in [0.717, 1.165) is 6.07 Å². The van der Waals surface area contributed by atoms with E-state index in [1.54, 1.807) is 9.80 Å². The average molecular weight is 383 g/mol. The Balaban J connectivity index is 1.57. The fourth-order valence-electron chi connectivity index (χ4n) is 3.30. The van der Waals surface area contributed by atoms with Gasteiger partial charge in [0.1, 0.15) is 0 Å². The number of nitrogens with one attached hydrogen (secondary N) is 1. The fraction of sp³-hybridized carbons (Fsp3) is 0.500. The van der Waals surface area contributed by atoms with E-state index in [9.17, 15) is 27.6 Å². The maximum atomic E-state index is 13.0. The van der Waals surface area contributed by atoms with Gasteiger partial charge in [-0.3, -0.25) is 14.4 Å². The number of carbonyl (C=O) groups is 3. The van der Waals surface area contributed by atoms with Crippen molar-refractivity contribution < 1.29 is 27.6 Å². The molecule has 2 unspecified atom stereocenters. The maximum absolute atomic E-state index is 13.0. The van der Waals surface area contributed by atoms with E-state index in [4.69, 9.17) is 0 Å². The summed E-state index contributed by atoms with van der Waals surface area (Å²) >= 11 is 0. The summed E-state index contributed by atoms with van der Waals surface area (Å²) in [6.45, 7) is 3.17. The Bertz CT molecular complexity index is 758. The number of amides is 3. The third kappa shape index (κ3) is 4.23. The normalized spacial score (nSPS) is 22.4. The van der Waals surface area contributed by atoms with Crippen molar-refractivity contribution in [1.29, 1.82) is 0 Å². The van der Waals surface area contributed by atoms with Gasteiger partial charge >= 0.3 is 6.18 Å². The van der Waals surface area contributed by atoms with Crippen LogP contribution in [0.3, 0.4) is 0 Å². The molecule has 1 aliphatic heterocycles. The van der Waals surface area contributed by atoms with Gasteiger partial charge < -0.3 is 15.1 Å². The highest BCUT2D eigenvalue weighted by atomic mass is 19.4. The molecule has 1 aromatic carbocycles. The van der Waals surface area contributed by atoms with Crippen LogP contribution in [0.1, 0.15) is 18.9 Å². The molecule has 0 bridgehead atoms. The minimum atomic E-state index is -4.57. The van der Waals surface area contributed by atoms with Crippen LogP contribution in [0.15, 0.2) is 24.3 Å². The van der Waals surface area contributed by atoms with E-state index in [0.29, 0.717) is 32.6 Å². The van der Waals surface area contributed by atoms with Crippen LogP contribution in [-0.4, -0.2) is 53.7 Å². The Morgan fingerprint density at radius 3 is 2.19 bits per heavy atom. The zero-order valence-electron chi connectivity index (χ0n) is 14.8. The number of hydrogen-bond acceptors (Lipinski definition) is 3. The first-order chi connectivity index (χ1) is 12.7. The van der Waals surface area contributed by atoms with Crippen LogP contribution in [0.4, 0.5) is 18.9 Å². The number of halogens is 3. The van der Waals surface area contributed by atoms with Crippen molar-refractivity contribution in [3.05, 3.63) is 29.8 Å². The van der Waals surface area contributed by atoms with Crippen molar-refractivity contribution in [3.8, 4) is 0 Å². The van der Waals surface area contributed by atoms with Gasteiger partial charge in [-0.15, -0.1) is 0 Å². The fourth-order valence-corrected chi connectivity index (χ4v) is 3.30. The van der Waals surface area contributed by atoms with Crippen LogP contribution in [0, 0.1) is 11.8 Å². The molecule has 2 atom stereocenters. The van der Waals surface area contributed by atoms with Crippen LogP contribution in [0.25, 0.3) is 0 Å². The molecule has 1 N–H and O–H groups in total. The number of benzene rings is 1. The molecule has 2 fully saturated rings. The van der Waals surface area contributed by atoms with Crippen LogP contribution in [-0.2, 0) is 20.6 Å². The van der Waals surface area contributed by atoms with E-state index >= 15 is 0 Å². The largest absolute Gasteiger partial charge is 0.418 e. The lowest BCUT2D eigenvalue weighted by Crippen LogP contribution is -2.50. The summed E-state index contributed by atoms with van der Waals surface area (Å²) in [7, 11) is 0. The van der Waals surface area contributed by atoms with E-state index in [1.165, 1.54) is 25.1 Å². The number of para-hydroxylation sites is 1. The lowest BCUT2D eigenvalue weighted by molar-refractivity contribution is -0.140. The van der Waals surface area contributed by atoms with Gasteiger partial charge in [-0.25, -0.2) is 0 Å². The van der Waals surface area contributed by atoms with Gasteiger partial charge in [0.25, 0.3) is 0 Å². The number of nitrogens with zero attached hydrogens (tertiary/aromatic N) is 2. The summed E-state index contributed by atoms with van der Waals surface area (Å²) in [5, 5.41) is 2.31. The highest BCUT2D eigenvalue weighted by Gasteiger charge is 2.50. The number of rotatable bonds is 3. The Morgan fingerprint density at radius 2 is 1.59 bits per heavy atom. The van der Waals surface area contributed by atoms with Crippen LogP contribution >= 0.6 is 0 Å². The molecule has 27 heavy (non-hydrogen) atoms. The highest BCUT2D eigenvalue weighted by molar-refractivity contribution is 6.00. The van der Waals surface area contributed by atoms with Gasteiger partial charge in [0.2, 0.25) is 17.7 Å². The summed E-state index contributed by atoms with van der Waals surface area (Å²) in [4.78, 5) is 39.4. The Morgan fingerprint density at radius 1 is 1.00 bits per heavy atom. The molecule has 2 aliphatic rings. The van der Waals surface area contributed by atoms with E-state index in [1.807, 2.05) is 0 Å². The monoisotopic (exact) mass is 383 g/mol. The van der Waals surface area contributed by atoms with Crippen molar-refractivity contribution in [2.75, 3.05) is 31.5 Å². The summed E-state index contributed by atoms with van der Waals surface area (Å²) in [6.07, 6.45) is -4.25. The van der Waals surface area contributed by atoms with Crippen LogP contribution < -0.4 is 5.32 Å². The average Bonchev–Trinajstić information content (AvgIpc) is 3.41. The van der Waals surface area contributed by atoms with Gasteiger partial charge in [-0.2, -0.15) is 13.2 Å². The second-order valence-electron chi connectivity index (χ2n) is 6.81. The molecular weight excluding hydrogens is 363 g/mol. The van der Waals surface area contributed by atoms with E-state index in [2.05, 4.69) is 5.32 Å². The SMILES string of the molecule is CC(=O)N1CCN(C(=O)C2CC2C(=O)Nc2ccccc2C(F)(F)F)CC1. The minimum absolute atomic E-state index is 0.0471. The zero-order valence-corrected chi connectivity index (χ0v) is 14.8. The number of hydrogen-bond donors (Lipinski definition) is 1. The molecule has 1 heterocycles. The van der Waals surface area contributed by atoms with Gasteiger partial charge in [0, 0.05) is 33.1 Å². The van der Waals surface area contributed by atoms with Gasteiger partial charge in [-0.1, -0.05) is 12.1 Å². The lowest BCUT2D eigenvalue weighted by Gasteiger charge is -2.34. The standard InChI is InChI=1S/C18H20F3N3O3/c1-11(25)23-6-8-24(9-7-23)17(27)13-10-12(13)16(26)22-15-5-3-2-4-14(15)18(19,20)21/h2-5,12-13H,6-10H2,1H3,(H,22,26). The Labute approximate surface area is 154 Å². The van der Waals surface area contributed by atoms with E-state index < -0.39 is 29.5 Å². The first-order valence-corrected chi connectivity index (χ1v) is 8.70. The molecule has 1 saturated carbocycles. The number of carbonyl (C=O) groups excluding carboxylic acids is 3. The molecule has 1 aliphatic carbocycles. The Hall–Kier alpha value is -2.58. The van der Waals surface area contributed by atoms with Gasteiger partial charge in [0.05, 0.1) is 23.1 Å². The molecule has 9 heteroatoms. The predicted molar refractivity (Wildman–Crippen MR) is 90.5 cm³/mol. The quantitative estimate of drug-likeness (QED) is 0.868. The first-order valence-electron chi connectivity index (χ1n) is 8.70. The van der Waals surface area contributed by atoms with Gasteiger partial charge in [0.15, 0.2) is 0 Å². The topological polar surface area (TPSA) is 69.7 Å². The zero-order chi connectivity index (χ0) is 19.8. The third-order valence-electron chi connectivity index (χ3n) is 4.97. The summed E-state index contributed by atoms with van der Waals surface area (Å²) in [5.74, 6) is -1.93. The predicted octanol–water partition coefficient (Wildman–Crippen LogP) is 1.97. The molecule has 0 spiro atoms. The molecular formula is C18H20F3N3O3. The second kappa shape index (κ2) is 7.21. The molecule has 0 aromatic heterocycles. The molecule has 0 radical (unpaired) electrons. The van der Waals surface area contributed by atoms with Crippen LogP contribution in [0.5, 0.6) is 0 Å². The maximum Gasteiger partial charge on any atom is 0.418 e. The molecule has 6 nitrogen and oxygen atoms in total. The highest BCUT2D eigenvalue weighted by Crippen LogP contribution is 2.42. The van der Waals surface area contributed by atoms with E-state index in [-0.39, 0.29) is 17.5 Å². The van der Waals surface area contributed by atoms with Crippen molar-refractivity contribution in [2.45, 2.75) is 19.5 Å². The summed E-state index contributed by atoms with van der Waals surface area (Å²) in [5.41, 5.74) is -1.22. The van der Waals surface area contributed by atoms with Gasteiger partial charge in [-0.05, 0) is 18.6 Å². The third-order valence-corrected chi connectivity index (χ3v) is 4.97. The summed E-state index contributed by atoms with van der Waals surface area (Å²) < 4.78 is 39.0. The van der Waals surface area contributed by atoms with Crippen molar-refractivity contribution in [3.63, 3.8) is 0 Å². The van der Waals surface area contributed by atoms with Crippen LogP contribution in [0.2, 0.25) is 0 Å². The number of anilines is 1. The Kier molecular flexibility index (Phi) is 5.12. The first kappa shape index (κ1) is 19.2. The second-order valence-corrected chi connectivity index (χ2v) is 6.81. The number of alkyl halides is 3. The summed E-state index contributed by atoms with van der Waals surface area (Å²) in [6, 6.07) is 4.76. The molecule has 1 saturated heterocycles. The van der Waals surface area contributed by atoms with Crippen molar-refractivity contribution >= 4 is 23.4 Å². The lowest BCUT2D eigenvalue weighted by atomic mass is 10.1.